The minimum Gasteiger partial charge on any atom is -0.451 e. The third-order valence-corrected chi connectivity index (χ3v) is 5.36. The predicted octanol–water partition coefficient (Wildman–Crippen LogP) is 2.59. The van der Waals surface area contributed by atoms with Gasteiger partial charge in [0.05, 0.1) is 10.5 Å². The number of carbonyl (C=O) groups is 2. The molecule has 0 aliphatic carbocycles. The number of ether oxygens (including phenoxy) is 1. The number of hydrogen-bond donors (Lipinski definition) is 1. The van der Waals surface area contributed by atoms with Crippen LogP contribution < -0.4 is 4.72 Å². The molecule has 0 spiro atoms. The van der Waals surface area contributed by atoms with Crippen molar-refractivity contribution in [2.24, 2.45) is 0 Å². The molecule has 0 saturated heterocycles. The highest BCUT2D eigenvalue weighted by molar-refractivity contribution is 7.89. The van der Waals surface area contributed by atoms with Crippen LogP contribution in [0.4, 0.5) is 0 Å². The highest BCUT2D eigenvalue weighted by Gasteiger charge is 2.21. The molecule has 0 fully saturated rings. The van der Waals surface area contributed by atoms with Crippen molar-refractivity contribution in [2.45, 2.75) is 31.3 Å². The molecule has 0 heterocycles. The lowest BCUT2D eigenvalue weighted by Gasteiger charge is -2.13. The fourth-order valence-corrected chi connectivity index (χ4v) is 3.11. The maximum Gasteiger partial charge on any atom is 0.338 e. The van der Waals surface area contributed by atoms with Gasteiger partial charge in [-0.05, 0) is 44.2 Å². The van der Waals surface area contributed by atoms with E-state index in [0.717, 1.165) is 12.0 Å². The zero-order chi connectivity index (χ0) is 19.3. The molecule has 0 unspecified atom stereocenters. The number of ketones is 1. The van der Waals surface area contributed by atoms with Crippen molar-refractivity contribution >= 4 is 21.8 Å². The summed E-state index contributed by atoms with van der Waals surface area (Å²) < 4.78 is 31.0. The summed E-state index contributed by atoms with van der Waals surface area (Å²) in [6.45, 7) is 3.51. The Kier molecular flexibility index (Phi) is 6.28. The van der Waals surface area contributed by atoms with Crippen LogP contribution in [0.5, 0.6) is 0 Å². The molecule has 0 radical (unpaired) electrons. The summed E-state index contributed by atoms with van der Waals surface area (Å²) in [7, 11) is -2.39. The number of hydrogen-bond acceptors (Lipinski definition) is 5. The molecule has 0 aromatic heterocycles. The summed E-state index contributed by atoms with van der Waals surface area (Å²) >= 11 is 0. The van der Waals surface area contributed by atoms with Crippen molar-refractivity contribution in [3.05, 3.63) is 65.2 Å². The molecule has 0 aliphatic heterocycles. The molecule has 138 valence electrons. The monoisotopic (exact) mass is 375 g/mol. The van der Waals surface area contributed by atoms with Crippen LogP contribution in [0.3, 0.4) is 0 Å². The van der Waals surface area contributed by atoms with Crippen molar-refractivity contribution in [3.63, 3.8) is 0 Å². The van der Waals surface area contributed by atoms with Gasteiger partial charge in [0.2, 0.25) is 15.8 Å². The lowest BCUT2D eigenvalue weighted by molar-refractivity contribution is 0.0318. The first-order valence-corrected chi connectivity index (χ1v) is 9.64. The minimum absolute atomic E-state index is 0.0522. The smallest absolute Gasteiger partial charge is 0.338 e. The Bertz CT molecular complexity index is 904. The maximum absolute atomic E-state index is 12.4. The van der Waals surface area contributed by atoms with E-state index in [4.69, 9.17) is 4.74 Å². The summed E-state index contributed by atoms with van der Waals surface area (Å²) in [5, 5.41) is 0. The summed E-state index contributed by atoms with van der Waals surface area (Å²) in [6.07, 6.45) is -0.121. The Hall–Kier alpha value is -2.51. The average Bonchev–Trinajstić information content (AvgIpc) is 2.67. The molecule has 26 heavy (non-hydrogen) atoms. The van der Waals surface area contributed by atoms with E-state index in [0.29, 0.717) is 5.56 Å². The Balaban J connectivity index is 2.13. The number of rotatable bonds is 7. The molecule has 7 heteroatoms. The van der Waals surface area contributed by atoms with Crippen LogP contribution in [0.15, 0.2) is 53.4 Å². The van der Waals surface area contributed by atoms with Gasteiger partial charge < -0.3 is 4.74 Å². The molecular formula is C19H21NO5S. The number of aryl methyl sites for hydroxylation is 1. The normalized spacial score (nSPS) is 12.4. The first-order valence-electron chi connectivity index (χ1n) is 8.16. The second-order valence-corrected chi connectivity index (χ2v) is 7.58. The largest absolute Gasteiger partial charge is 0.451 e. The van der Waals surface area contributed by atoms with E-state index in [-0.39, 0.29) is 16.2 Å². The van der Waals surface area contributed by atoms with Crippen LogP contribution in [0.25, 0.3) is 0 Å². The molecule has 0 bridgehead atoms. The molecule has 2 aromatic carbocycles. The van der Waals surface area contributed by atoms with Crippen LogP contribution in [-0.2, 0) is 21.2 Å². The quantitative estimate of drug-likeness (QED) is 0.593. The van der Waals surface area contributed by atoms with Crippen LogP contribution in [0, 0.1) is 0 Å². The standard InChI is InChI=1S/C19H21NO5S/c1-4-14-8-10-15(11-9-14)18(21)13(2)25-19(22)16-6-5-7-17(12-16)26(23,24)20-3/h5-13,20H,4H2,1-3H3/t13-/m1/s1. The van der Waals surface area contributed by atoms with Crippen LogP contribution in [0.2, 0.25) is 0 Å². The summed E-state index contributed by atoms with van der Waals surface area (Å²) in [5.74, 6) is -1.08. The lowest BCUT2D eigenvalue weighted by Crippen LogP contribution is -2.25. The predicted molar refractivity (Wildman–Crippen MR) is 97.7 cm³/mol. The Labute approximate surface area is 153 Å². The Morgan fingerprint density at radius 1 is 1.08 bits per heavy atom. The van der Waals surface area contributed by atoms with Gasteiger partial charge in [-0.25, -0.2) is 17.9 Å². The number of esters is 1. The molecular weight excluding hydrogens is 354 g/mol. The fraction of sp³-hybridized carbons (Fsp3) is 0.263. The van der Waals surface area contributed by atoms with E-state index in [2.05, 4.69) is 4.72 Å². The van der Waals surface area contributed by atoms with Crippen molar-refractivity contribution in [3.8, 4) is 0 Å². The molecule has 1 atom stereocenters. The third-order valence-electron chi connectivity index (χ3n) is 3.95. The van der Waals surface area contributed by atoms with Crippen LogP contribution >= 0.6 is 0 Å². The van der Waals surface area contributed by atoms with Crippen molar-refractivity contribution in [1.29, 1.82) is 0 Å². The van der Waals surface area contributed by atoms with Gasteiger partial charge in [-0.2, -0.15) is 0 Å². The average molecular weight is 375 g/mol. The second kappa shape index (κ2) is 8.25. The molecule has 6 nitrogen and oxygen atoms in total. The topological polar surface area (TPSA) is 89.5 Å². The zero-order valence-electron chi connectivity index (χ0n) is 14.9. The van der Waals surface area contributed by atoms with Crippen molar-refractivity contribution in [1.82, 2.24) is 4.72 Å². The molecule has 2 aromatic rings. The first-order chi connectivity index (χ1) is 12.3. The van der Waals surface area contributed by atoms with Gasteiger partial charge >= 0.3 is 5.97 Å². The minimum atomic E-state index is -3.67. The van der Waals surface area contributed by atoms with E-state index in [1.807, 2.05) is 19.1 Å². The maximum atomic E-state index is 12.4. The highest BCUT2D eigenvalue weighted by atomic mass is 32.2. The van der Waals surface area contributed by atoms with E-state index < -0.39 is 22.1 Å². The lowest BCUT2D eigenvalue weighted by atomic mass is 10.0. The van der Waals surface area contributed by atoms with Crippen molar-refractivity contribution in [2.75, 3.05) is 7.05 Å². The van der Waals surface area contributed by atoms with E-state index in [1.165, 1.54) is 38.2 Å². The molecule has 2 rings (SSSR count). The number of Topliss-reactive ketones (excluding diaryl/α,β-unsaturated/α-hetero) is 1. The number of nitrogens with one attached hydrogen (secondary N) is 1. The van der Waals surface area contributed by atoms with Gasteiger partial charge in [0.15, 0.2) is 6.10 Å². The van der Waals surface area contributed by atoms with Gasteiger partial charge in [0.25, 0.3) is 0 Å². The Morgan fingerprint density at radius 2 is 1.73 bits per heavy atom. The van der Waals surface area contributed by atoms with E-state index in [9.17, 15) is 18.0 Å². The number of carbonyl (C=O) groups excluding carboxylic acids is 2. The SMILES string of the molecule is CCc1ccc(C(=O)[C@@H](C)OC(=O)c2cccc(S(=O)(=O)NC)c2)cc1. The molecule has 1 N–H and O–H groups in total. The van der Waals surface area contributed by atoms with Crippen molar-refractivity contribution < 1.29 is 22.7 Å². The molecule has 0 aliphatic rings. The number of sulfonamides is 1. The first kappa shape index (κ1) is 19.8. The highest BCUT2D eigenvalue weighted by Crippen LogP contribution is 2.15. The fourth-order valence-electron chi connectivity index (χ4n) is 2.33. The van der Waals surface area contributed by atoms with Gasteiger partial charge in [0.1, 0.15) is 0 Å². The van der Waals surface area contributed by atoms with E-state index >= 15 is 0 Å². The van der Waals surface area contributed by atoms with Crippen LogP contribution in [0.1, 0.15) is 40.1 Å². The second-order valence-electron chi connectivity index (χ2n) is 5.70. The van der Waals surface area contributed by atoms with Gasteiger partial charge in [0, 0.05) is 5.56 Å². The van der Waals surface area contributed by atoms with E-state index in [1.54, 1.807) is 12.1 Å². The summed E-state index contributed by atoms with van der Waals surface area (Å²) in [4.78, 5) is 24.6. The Morgan fingerprint density at radius 3 is 2.31 bits per heavy atom. The van der Waals surface area contributed by atoms with Gasteiger partial charge in [-0.15, -0.1) is 0 Å². The third kappa shape index (κ3) is 4.56. The van der Waals surface area contributed by atoms with Gasteiger partial charge in [-0.3, -0.25) is 4.79 Å². The summed E-state index contributed by atoms with van der Waals surface area (Å²) in [5.41, 5.74) is 1.62. The molecule has 0 amide bonds. The molecule has 0 saturated carbocycles. The zero-order valence-corrected chi connectivity index (χ0v) is 15.7. The number of benzene rings is 2. The van der Waals surface area contributed by atoms with Gasteiger partial charge in [-0.1, -0.05) is 37.3 Å². The summed E-state index contributed by atoms with van der Waals surface area (Å²) in [6, 6.07) is 12.6. The van der Waals surface area contributed by atoms with Crippen LogP contribution in [-0.4, -0.2) is 33.3 Å².